The Morgan fingerprint density at radius 3 is 2.62 bits per heavy atom. The van der Waals surface area contributed by atoms with Gasteiger partial charge in [-0.1, -0.05) is 23.9 Å². The topological polar surface area (TPSA) is 93.1 Å². The molecule has 2 aromatic rings. The first kappa shape index (κ1) is 18.0. The van der Waals surface area contributed by atoms with Crippen molar-refractivity contribution in [3.8, 4) is 0 Å². The van der Waals surface area contributed by atoms with Gasteiger partial charge < -0.3 is 10.6 Å². The Kier molecular flexibility index (Phi) is 5.97. The lowest BCUT2D eigenvalue weighted by Gasteiger charge is -2.16. The van der Waals surface area contributed by atoms with Crippen molar-refractivity contribution in [3.63, 3.8) is 0 Å². The van der Waals surface area contributed by atoms with Gasteiger partial charge in [0.1, 0.15) is 0 Å². The van der Waals surface area contributed by atoms with Crippen molar-refractivity contribution < 1.29 is 9.59 Å². The number of rotatable bonds is 6. The maximum atomic E-state index is 12.6. The fraction of sp³-hybridized carbons (Fsp3) is 0.375. The van der Waals surface area contributed by atoms with E-state index >= 15 is 0 Å². The molecule has 8 heteroatoms. The molecule has 24 heavy (non-hydrogen) atoms. The van der Waals surface area contributed by atoms with Gasteiger partial charge in [0.2, 0.25) is 11.8 Å². The summed E-state index contributed by atoms with van der Waals surface area (Å²) in [6.45, 7) is 3.72. The van der Waals surface area contributed by atoms with Crippen LogP contribution in [0.1, 0.15) is 19.9 Å². The summed E-state index contributed by atoms with van der Waals surface area (Å²) in [5, 5.41) is 5.99. The lowest BCUT2D eigenvalue weighted by atomic mass is 10.2. The number of hydrogen-bond acceptors (Lipinski definition) is 5. The molecular weight excluding hydrogens is 328 g/mol. The van der Waals surface area contributed by atoms with E-state index in [0.29, 0.717) is 16.1 Å². The van der Waals surface area contributed by atoms with Crippen LogP contribution in [0.25, 0.3) is 10.9 Å². The summed E-state index contributed by atoms with van der Waals surface area (Å²) in [4.78, 5) is 40.1. The van der Waals surface area contributed by atoms with E-state index in [1.54, 1.807) is 22.8 Å². The zero-order valence-electron chi connectivity index (χ0n) is 13.8. The van der Waals surface area contributed by atoms with E-state index in [9.17, 15) is 14.4 Å². The van der Waals surface area contributed by atoms with Crippen LogP contribution in [0.5, 0.6) is 0 Å². The fourth-order valence-corrected chi connectivity index (χ4v) is 3.09. The van der Waals surface area contributed by atoms with Crippen molar-refractivity contribution in [1.29, 1.82) is 0 Å². The molecule has 0 unspecified atom stereocenters. The number of nitrogens with zero attached hydrogens (tertiary/aromatic N) is 2. The summed E-state index contributed by atoms with van der Waals surface area (Å²) in [5.74, 6) is -0.480. The van der Waals surface area contributed by atoms with E-state index in [0.717, 1.165) is 0 Å². The number of para-hydroxylation sites is 1. The second-order valence-corrected chi connectivity index (χ2v) is 6.36. The first-order valence-electron chi connectivity index (χ1n) is 7.55. The Labute approximate surface area is 143 Å². The van der Waals surface area contributed by atoms with Gasteiger partial charge in [-0.3, -0.25) is 19.0 Å². The highest BCUT2D eigenvalue weighted by atomic mass is 32.2. The van der Waals surface area contributed by atoms with Gasteiger partial charge in [-0.15, -0.1) is 0 Å². The third kappa shape index (κ3) is 4.14. The van der Waals surface area contributed by atoms with Gasteiger partial charge in [0.15, 0.2) is 5.16 Å². The molecule has 0 aliphatic heterocycles. The summed E-state index contributed by atoms with van der Waals surface area (Å²) in [6.07, 6.45) is 0. The zero-order valence-corrected chi connectivity index (χ0v) is 14.6. The normalized spacial score (nSPS) is 10.8. The quantitative estimate of drug-likeness (QED) is 0.598. The first-order valence-corrected chi connectivity index (χ1v) is 8.54. The molecule has 1 heterocycles. The molecule has 0 aliphatic carbocycles. The number of likely N-dealkylation sites (N-methyl/N-ethyl adjacent to an activating group) is 1. The van der Waals surface area contributed by atoms with Crippen LogP contribution < -0.4 is 16.2 Å². The van der Waals surface area contributed by atoms with E-state index in [1.165, 1.54) is 18.8 Å². The molecule has 2 N–H and O–H groups in total. The number of amides is 2. The predicted molar refractivity (Wildman–Crippen MR) is 94.2 cm³/mol. The number of thioether (sulfide) groups is 1. The second kappa shape index (κ2) is 7.96. The monoisotopic (exact) mass is 348 g/mol. The Bertz CT molecular complexity index is 817. The fourth-order valence-electron chi connectivity index (χ4n) is 2.13. The van der Waals surface area contributed by atoms with Gasteiger partial charge in [-0.05, 0) is 26.0 Å². The van der Waals surface area contributed by atoms with Crippen LogP contribution >= 0.6 is 11.8 Å². The molecule has 0 atom stereocenters. The van der Waals surface area contributed by atoms with Gasteiger partial charge >= 0.3 is 0 Å². The number of aromatic nitrogens is 2. The molecule has 0 spiro atoms. The van der Waals surface area contributed by atoms with Crippen molar-refractivity contribution in [2.24, 2.45) is 0 Å². The third-order valence-electron chi connectivity index (χ3n) is 3.35. The van der Waals surface area contributed by atoms with Gasteiger partial charge in [-0.2, -0.15) is 0 Å². The summed E-state index contributed by atoms with van der Waals surface area (Å²) in [6, 6.07) is 7.06. The SMILES string of the molecule is CNC(=O)CNC(=O)CSc1nc2ccccc2c(=O)n1C(C)C. The van der Waals surface area contributed by atoms with Crippen molar-refractivity contribution in [1.82, 2.24) is 20.2 Å². The van der Waals surface area contributed by atoms with Crippen molar-refractivity contribution >= 4 is 34.5 Å². The van der Waals surface area contributed by atoms with Gasteiger partial charge in [0, 0.05) is 13.1 Å². The molecule has 7 nitrogen and oxygen atoms in total. The lowest BCUT2D eigenvalue weighted by Crippen LogP contribution is -2.36. The van der Waals surface area contributed by atoms with Crippen molar-refractivity contribution in [2.45, 2.75) is 25.0 Å². The Morgan fingerprint density at radius 1 is 1.25 bits per heavy atom. The summed E-state index contributed by atoms with van der Waals surface area (Å²) < 4.78 is 1.58. The van der Waals surface area contributed by atoms with Crippen LogP contribution in [-0.2, 0) is 9.59 Å². The van der Waals surface area contributed by atoms with E-state index < -0.39 is 0 Å². The number of carbonyl (C=O) groups excluding carboxylic acids is 2. The third-order valence-corrected chi connectivity index (χ3v) is 4.30. The highest BCUT2D eigenvalue weighted by Crippen LogP contribution is 2.20. The first-order chi connectivity index (χ1) is 11.4. The number of carbonyl (C=O) groups is 2. The molecule has 0 bridgehead atoms. The summed E-state index contributed by atoms with van der Waals surface area (Å²) in [7, 11) is 1.50. The summed E-state index contributed by atoms with van der Waals surface area (Å²) in [5.41, 5.74) is 0.483. The smallest absolute Gasteiger partial charge is 0.262 e. The Hall–Kier alpha value is -2.35. The van der Waals surface area contributed by atoms with Crippen LogP contribution in [0.2, 0.25) is 0 Å². The number of hydrogen-bond donors (Lipinski definition) is 2. The molecule has 0 radical (unpaired) electrons. The minimum absolute atomic E-state index is 0.0714. The highest BCUT2D eigenvalue weighted by molar-refractivity contribution is 7.99. The van der Waals surface area contributed by atoms with E-state index in [1.807, 2.05) is 19.9 Å². The van der Waals surface area contributed by atoms with Crippen LogP contribution in [-0.4, -0.2) is 40.7 Å². The number of benzene rings is 1. The zero-order chi connectivity index (χ0) is 17.7. The molecular formula is C16H20N4O3S. The second-order valence-electron chi connectivity index (χ2n) is 5.42. The lowest BCUT2D eigenvalue weighted by molar-refractivity contribution is -0.124. The minimum atomic E-state index is -0.290. The largest absolute Gasteiger partial charge is 0.358 e. The van der Waals surface area contributed by atoms with E-state index in [-0.39, 0.29) is 35.7 Å². The van der Waals surface area contributed by atoms with E-state index in [2.05, 4.69) is 15.6 Å². The van der Waals surface area contributed by atoms with Crippen LogP contribution in [0.4, 0.5) is 0 Å². The van der Waals surface area contributed by atoms with Crippen molar-refractivity contribution in [2.75, 3.05) is 19.3 Å². The standard InChI is InChI=1S/C16H20N4O3S/c1-10(2)20-15(23)11-6-4-5-7-12(11)19-16(20)24-9-14(22)18-8-13(21)17-3/h4-7,10H,8-9H2,1-3H3,(H,17,21)(H,18,22). The van der Waals surface area contributed by atoms with E-state index in [4.69, 9.17) is 0 Å². The van der Waals surface area contributed by atoms with Crippen LogP contribution in [0.3, 0.4) is 0 Å². The average Bonchev–Trinajstić information content (AvgIpc) is 2.57. The maximum absolute atomic E-state index is 12.6. The molecule has 2 rings (SSSR count). The number of nitrogens with one attached hydrogen (secondary N) is 2. The Morgan fingerprint density at radius 2 is 1.96 bits per heavy atom. The molecule has 0 saturated carbocycles. The molecule has 1 aromatic heterocycles. The van der Waals surface area contributed by atoms with Crippen LogP contribution in [0.15, 0.2) is 34.2 Å². The van der Waals surface area contributed by atoms with Crippen molar-refractivity contribution in [3.05, 3.63) is 34.6 Å². The van der Waals surface area contributed by atoms with Gasteiger partial charge in [0.25, 0.3) is 5.56 Å². The molecule has 2 amide bonds. The minimum Gasteiger partial charge on any atom is -0.358 e. The van der Waals surface area contributed by atoms with Crippen LogP contribution in [0, 0.1) is 0 Å². The molecule has 1 aromatic carbocycles. The predicted octanol–water partition coefficient (Wildman–Crippen LogP) is 0.932. The maximum Gasteiger partial charge on any atom is 0.262 e. The molecule has 0 aliphatic rings. The summed E-state index contributed by atoms with van der Waals surface area (Å²) >= 11 is 1.18. The molecule has 0 fully saturated rings. The van der Waals surface area contributed by atoms with Gasteiger partial charge in [-0.25, -0.2) is 4.98 Å². The average molecular weight is 348 g/mol. The van der Waals surface area contributed by atoms with Gasteiger partial charge in [0.05, 0.1) is 23.2 Å². The molecule has 0 saturated heterocycles. The number of fused-ring (bicyclic) bond motifs is 1. The molecule has 128 valence electrons. The Balaban J connectivity index is 2.22. The highest BCUT2D eigenvalue weighted by Gasteiger charge is 2.15.